The lowest BCUT2D eigenvalue weighted by molar-refractivity contribution is -0.136. The van der Waals surface area contributed by atoms with Gasteiger partial charge in [0, 0.05) is 21.2 Å². The molecule has 0 saturated carbocycles. The zero-order valence-electron chi connectivity index (χ0n) is 14.4. The predicted molar refractivity (Wildman–Crippen MR) is 109 cm³/mol. The molecule has 27 heavy (non-hydrogen) atoms. The fourth-order valence-corrected chi connectivity index (χ4v) is 4.24. The van der Waals surface area contributed by atoms with Crippen molar-refractivity contribution in [2.45, 2.75) is 12.5 Å². The Morgan fingerprint density at radius 1 is 1.19 bits per heavy atom. The number of carbonyl (C=O) groups is 2. The van der Waals surface area contributed by atoms with Gasteiger partial charge in [-0.15, -0.1) is 11.3 Å². The van der Waals surface area contributed by atoms with Gasteiger partial charge in [0.15, 0.2) is 0 Å². The lowest BCUT2D eigenvalue weighted by Gasteiger charge is -2.26. The maximum absolute atomic E-state index is 12.2. The summed E-state index contributed by atoms with van der Waals surface area (Å²) in [4.78, 5) is 25.1. The Labute approximate surface area is 169 Å². The van der Waals surface area contributed by atoms with Gasteiger partial charge in [-0.25, -0.2) is 0 Å². The van der Waals surface area contributed by atoms with Crippen LogP contribution in [0.1, 0.15) is 16.0 Å². The summed E-state index contributed by atoms with van der Waals surface area (Å²) in [5, 5.41) is 22.2. The first-order valence-corrected chi connectivity index (χ1v) is 10.2. The van der Waals surface area contributed by atoms with Crippen molar-refractivity contribution in [2.24, 2.45) is 0 Å². The Morgan fingerprint density at radius 3 is 2.63 bits per heavy atom. The minimum absolute atomic E-state index is 0.120. The molecule has 1 unspecified atom stereocenters. The standard InChI is InChI=1S/C19H17ClN2O3S2/c1-12-4-5-14(9-15(12)20)22-18(24)17(23)21-11-19(25,13-6-8-26-10-13)16-3-2-7-27-16/h2-10,25H,11H2,1H3,(H,21,23)(H,22,24). The Bertz CT molecular complexity index is 906. The second-order valence-corrected chi connectivity index (χ2v) is 8.09. The number of aryl methyl sites for hydroxylation is 1. The fourth-order valence-electron chi connectivity index (χ4n) is 2.49. The molecule has 2 amide bonds. The number of rotatable bonds is 5. The molecular weight excluding hydrogens is 404 g/mol. The van der Waals surface area contributed by atoms with Gasteiger partial charge < -0.3 is 15.7 Å². The third kappa shape index (κ3) is 4.39. The topological polar surface area (TPSA) is 78.4 Å². The number of hydrogen-bond acceptors (Lipinski definition) is 5. The van der Waals surface area contributed by atoms with Crippen LogP contribution in [0.15, 0.2) is 52.5 Å². The van der Waals surface area contributed by atoms with Gasteiger partial charge in [0.2, 0.25) is 0 Å². The van der Waals surface area contributed by atoms with Crippen LogP contribution in [0.2, 0.25) is 5.02 Å². The molecule has 1 aromatic carbocycles. The summed E-state index contributed by atoms with van der Waals surface area (Å²) in [5.41, 5.74) is 0.575. The summed E-state index contributed by atoms with van der Waals surface area (Å²) in [6.45, 7) is 1.72. The molecule has 0 spiro atoms. The first-order chi connectivity index (χ1) is 12.9. The van der Waals surface area contributed by atoms with E-state index in [1.54, 1.807) is 30.3 Å². The molecule has 0 aliphatic heterocycles. The molecule has 1 atom stereocenters. The maximum atomic E-state index is 12.2. The molecule has 140 valence electrons. The molecule has 3 N–H and O–H groups in total. The van der Waals surface area contributed by atoms with Crippen molar-refractivity contribution >= 4 is 51.8 Å². The number of halogens is 1. The molecule has 3 rings (SSSR count). The van der Waals surface area contributed by atoms with Crippen molar-refractivity contribution in [1.82, 2.24) is 5.32 Å². The van der Waals surface area contributed by atoms with Crippen LogP contribution in [0.5, 0.6) is 0 Å². The van der Waals surface area contributed by atoms with E-state index in [9.17, 15) is 14.7 Å². The SMILES string of the molecule is Cc1ccc(NC(=O)C(=O)NCC(O)(c2ccsc2)c2cccs2)cc1Cl. The van der Waals surface area contributed by atoms with Crippen LogP contribution in [-0.2, 0) is 15.2 Å². The molecule has 5 nitrogen and oxygen atoms in total. The van der Waals surface area contributed by atoms with Gasteiger partial charge in [0.1, 0.15) is 5.60 Å². The van der Waals surface area contributed by atoms with Crippen LogP contribution < -0.4 is 10.6 Å². The molecule has 2 aromatic heterocycles. The van der Waals surface area contributed by atoms with E-state index in [-0.39, 0.29) is 6.54 Å². The highest BCUT2D eigenvalue weighted by molar-refractivity contribution is 7.10. The highest BCUT2D eigenvalue weighted by atomic mass is 35.5. The largest absolute Gasteiger partial charge is 0.378 e. The van der Waals surface area contributed by atoms with Crippen molar-refractivity contribution < 1.29 is 14.7 Å². The van der Waals surface area contributed by atoms with E-state index in [0.29, 0.717) is 21.2 Å². The van der Waals surface area contributed by atoms with Crippen molar-refractivity contribution in [1.29, 1.82) is 0 Å². The summed E-state index contributed by atoms with van der Waals surface area (Å²) < 4.78 is 0. The first-order valence-electron chi connectivity index (χ1n) is 8.04. The summed E-state index contributed by atoms with van der Waals surface area (Å²) in [6, 6.07) is 10.4. The van der Waals surface area contributed by atoms with Gasteiger partial charge in [-0.2, -0.15) is 11.3 Å². The predicted octanol–water partition coefficient (Wildman–Crippen LogP) is 3.76. The number of hydrogen-bond donors (Lipinski definition) is 3. The smallest absolute Gasteiger partial charge is 0.313 e. The number of aliphatic hydroxyl groups is 1. The summed E-state index contributed by atoms with van der Waals surface area (Å²) in [5.74, 6) is -1.66. The second kappa shape index (κ2) is 8.22. The molecule has 3 aromatic rings. The van der Waals surface area contributed by atoms with Crippen LogP contribution in [0.4, 0.5) is 5.69 Å². The van der Waals surface area contributed by atoms with E-state index in [0.717, 1.165) is 5.56 Å². The van der Waals surface area contributed by atoms with Gasteiger partial charge >= 0.3 is 11.8 Å². The molecule has 2 heterocycles. The molecule has 0 bridgehead atoms. The molecule has 0 aliphatic rings. The number of benzene rings is 1. The van der Waals surface area contributed by atoms with Crippen LogP contribution in [0, 0.1) is 6.92 Å². The molecule has 0 saturated heterocycles. The highest BCUT2D eigenvalue weighted by Gasteiger charge is 2.34. The van der Waals surface area contributed by atoms with E-state index in [4.69, 9.17) is 11.6 Å². The third-order valence-corrected chi connectivity index (χ3v) is 6.18. The lowest BCUT2D eigenvalue weighted by Crippen LogP contribution is -2.44. The minimum Gasteiger partial charge on any atom is -0.378 e. The van der Waals surface area contributed by atoms with E-state index in [1.165, 1.54) is 22.7 Å². The normalized spacial score (nSPS) is 13.0. The zero-order valence-corrected chi connectivity index (χ0v) is 16.8. The second-order valence-electron chi connectivity index (χ2n) is 5.95. The lowest BCUT2D eigenvalue weighted by atomic mass is 9.94. The number of carbonyl (C=O) groups excluding carboxylic acids is 2. The van der Waals surface area contributed by atoms with Gasteiger partial charge in [0.05, 0.1) is 6.54 Å². The highest BCUT2D eigenvalue weighted by Crippen LogP contribution is 2.33. The fraction of sp³-hybridized carbons (Fsp3) is 0.158. The molecule has 0 fully saturated rings. The van der Waals surface area contributed by atoms with Crippen molar-refractivity contribution in [2.75, 3.05) is 11.9 Å². The average molecular weight is 421 g/mol. The quantitative estimate of drug-likeness (QED) is 0.550. The Balaban J connectivity index is 1.69. The zero-order chi connectivity index (χ0) is 19.4. The number of thiophene rings is 2. The number of nitrogens with one attached hydrogen (secondary N) is 2. The first kappa shape index (κ1) is 19.6. The van der Waals surface area contributed by atoms with E-state index >= 15 is 0 Å². The minimum atomic E-state index is -1.39. The molecule has 8 heteroatoms. The van der Waals surface area contributed by atoms with Crippen molar-refractivity contribution in [3.63, 3.8) is 0 Å². The summed E-state index contributed by atoms with van der Waals surface area (Å²) in [7, 11) is 0. The van der Waals surface area contributed by atoms with Gasteiger partial charge in [-0.3, -0.25) is 9.59 Å². The van der Waals surface area contributed by atoms with Gasteiger partial charge in [-0.1, -0.05) is 23.7 Å². The maximum Gasteiger partial charge on any atom is 0.313 e. The Hall–Kier alpha value is -2.19. The monoisotopic (exact) mass is 420 g/mol. The Kier molecular flexibility index (Phi) is 5.96. The number of amides is 2. The van der Waals surface area contributed by atoms with E-state index in [1.807, 2.05) is 29.1 Å². The van der Waals surface area contributed by atoms with Crippen LogP contribution in [0.3, 0.4) is 0 Å². The Morgan fingerprint density at radius 2 is 2.00 bits per heavy atom. The third-order valence-electron chi connectivity index (χ3n) is 4.07. The molecule has 0 aliphatic carbocycles. The van der Waals surface area contributed by atoms with Gasteiger partial charge in [-0.05, 0) is 52.9 Å². The van der Waals surface area contributed by atoms with Crippen LogP contribution in [0.25, 0.3) is 0 Å². The van der Waals surface area contributed by atoms with Crippen LogP contribution >= 0.6 is 34.3 Å². The number of anilines is 1. The summed E-state index contributed by atoms with van der Waals surface area (Å²) >= 11 is 8.86. The van der Waals surface area contributed by atoms with Crippen molar-refractivity contribution in [3.8, 4) is 0 Å². The van der Waals surface area contributed by atoms with E-state index in [2.05, 4.69) is 10.6 Å². The van der Waals surface area contributed by atoms with Crippen LogP contribution in [-0.4, -0.2) is 23.5 Å². The van der Waals surface area contributed by atoms with Crippen molar-refractivity contribution in [3.05, 3.63) is 73.6 Å². The summed E-state index contributed by atoms with van der Waals surface area (Å²) in [6.07, 6.45) is 0. The molecular formula is C19H17ClN2O3S2. The average Bonchev–Trinajstić information content (AvgIpc) is 3.36. The van der Waals surface area contributed by atoms with Gasteiger partial charge in [0.25, 0.3) is 0 Å². The van der Waals surface area contributed by atoms with E-state index < -0.39 is 17.4 Å². The molecule has 0 radical (unpaired) electrons.